The lowest BCUT2D eigenvalue weighted by Crippen LogP contribution is -2.03. The van der Waals surface area contributed by atoms with E-state index in [1.807, 2.05) is 0 Å². The van der Waals surface area contributed by atoms with Gasteiger partial charge < -0.3 is 9.26 Å². The second kappa shape index (κ2) is 4.89. The summed E-state index contributed by atoms with van der Waals surface area (Å²) in [5, 5.41) is 3.74. The van der Waals surface area contributed by atoms with Gasteiger partial charge in [-0.25, -0.2) is 9.18 Å². The van der Waals surface area contributed by atoms with E-state index in [9.17, 15) is 9.18 Å². The smallest absolute Gasteiger partial charge is 0.343 e. The van der Waals surface area contributed by atoms with Gasteiger partial charge in [-0.2, -0.15) is 0 Å². The average molecular weight is 314 g/mol. The first-order valence-electron chi connectivity index (χ1n) is 5.04. The molecule has 94 valence electrons. The summed E-state index contributed by atoms with van der Waals surface area (Å²) < 4.78 is 23.3. The summed E-state index contributed by atoms with van der Waals surface area (Å²) >= 11 is 3.22. The summed E-state index contributed by atoms with van der Waals surface area (Å²) in [5.74, 6) is -0.673. The van der Waals surface area contributed by atoms with Gasteiger partial charge in [-0.05, 0) is 41.1 Å². The van der Waals surface area contributed by atoms with Gasteiger partial charge in [-0.15, -0.1) is 0 Å². The molecule has 1 aromatic carbocycles. The van der Waals surface area contributed by atoms with E-state index in [4.69, 9.17) is 4.52 Å². The first kappa shape index (κ1) is 12.8. The van der Waals surface area contributed by atoms with E-state index < -0.39 is 5.97 Å². The van der Waals surface area contributed by atoms with Crippen LogP contribution in [0.4, 0.5) is 4.39 Å². The highest BCUT2D eigenvalue weighted by atomic mass is 79.9. The minimum Gasteiger partial charge on any atom is -0.465 e. The van der Waals surface area contributed by atoms with Gasteiger partial charge in [-0.1, -0.05) is 5.16 Å². The fraction of sp³-hybridized carbons (Fsp3) is 0.167. The first-order valence-corrected chi connectivity index (χ1v) is 5.84. The van der Waals surface area contributed by atoms with Crippen molar-refractivity contribution in [1.29, 1.82) is 0 Å². The number of aryl methyl sites for hydroxylation is 1. The summed E-state index contributed by atoms with van der Waals surface area (Å²) in [6.45, 7) is 1.64. The molecule has 0 aliphatic carbocycles. The van der Waals surface area contributed by atoms with Crippen LogP contribution in [0.3, 0.4) is 0 Å². The Kier molecular flexibility index (Phi) is 3.47. The van der Waals surface area contributed by atoms with Crippen LogP contribution in [0.1, 0.15) is 16.1 Å². The predicted molar refractivity (Wildman–Crippen MR) is 65.7 cm³/mol. The lowest BCUT2D eigenvalue weighted by Gasteiger charge is -2.03. The Morgan fingerprint density at radius 3 is 2.83 bits per heavy atom. The molecule has 4 nitrogen and oxygen atoms in total. The van der Waals surface area contributed by atoms with Crippen LogP contribution < -0.4 is 0 Å². The zero-order valence-electron chi connectivity index (χ0n) is 9.66. The van der Waals surface area contributed by atoms with Crippen LogP contribution >= 0.6 is 15.9 Å². The number of esters is 1. The number of nitrogens with zero attached hydrogens (tertiary/aromatic N) is 1. The van der Waals surface area contributed by atoms with Crippen LogP contribution in [0, 0.1) is 12.7 Å². The minimum absolute atomic E-state index is 0.241. The highest BCUT2D eigenvalue weighted by molar-refractivity contribution is 9.10. The highest BCUT2D eigenvalue weighted by Crippen LogP contribution is 2.33. The number of methoxy groups -OCH3 is 1. The Bertz CT molecular complexity index is 609. The third-order valence-corrected chi connectivity index (χ3v) is 3.08. The van der Waals surface area contributed by atoms with Gasteiger partial charge in [0, 0.05) is 10.0 Å². The number of ether oxygens (including phenoxy) is 1. The van der Waals surface area contributed by atoms with Crippen molar-refractivity contribution in [2.45, 2.75) is 6.92 Å². The Balaban J connectivity index is 2.61. The molecule has 6 heteroatoms. The molecule has 0 saturated carbocycles. The second-order valence-electron chi connectivity index (χ2n) is 3.59. The van der Waals surface area contributed by atoms with E-state index >= 15 is 0 Å². The second-order valence-corrected chi connectivity index (χ2v) is 4.44. The van der Waals surface area contributed by atoms with Gasteiger partial charge in [-0.3, -0.25) is 0 Å². The minimum atomic E-state index is -0.542. The Morgan fingerprint density at radius 2 is 2.22 bits per heavy atom. The number of hydrogen-bond donors (Lipinski definition) is 0. The molecule has 0 spiro atoms. The Labute approximate surface area is 111 Å². The zero-order valence-corrected chi connectivity index (χ0v) is 11.2. The normalized spacial score (nSPS) is 10.4. The molecule has 0 saturated heterocycles. The van der Waals surface area contributed by atoms with Crippen LogP contribution in [0.5, 0.6) is 0 Å². The van der Waals surface area contributed by atoms with Crippen molar-refractivity contribution in [3.05, 3.63) is 39.7 Å². The fourth-order valence-corrected chi connectivity index (χ4v) is 2.10. The molecule has 0 aliphatic heterocycles. The number of benzene rings is 1. The molecule has 2 rings (SSSR count). The number of carbonyl (C=O) groups excluding carboxylic acids is 1. The van der Waals surface area contributed by atoms with Crippen molar-refractivity contribution in [2.24, 2.45) is 0 Å². The maximum absolute atomic E-state index is 13.0. The molecule has 1 heterocycles. The summed E-state index contributed by atoms with van der Waals surface area (Å²) in [5.41, 5.74) is 1.20. The lowest BCUT2D eigenvalue weighted by atomic mass is 10.1. The summed E-state index contributed by atoms with van der Waals surface area (Å²) in [6.07, 6.45) is 0. The lowest BCUT2D eigenvalue weighted by molar-refractivity contribution is 0.0600. The first-order chi connectivity index (χ1) is 8.54. The summed E-state index contributed by atoms with van der Waals surface area (Å²) in [6, 6.07) is 4.07. The molecule has 2 aromatic rings. The Morgan fingerprint density at radius 1 is 1.50 bits per heavy atom. The number of rotatable bonds is 2. The molecule has 0 atom stereocenters. The topological polar surface area (TPSA) is 52.3 Å². The highest BCUT2D eigenvalue weighted by Gasteiger charge is 2.23. The van der Waals surface area contributed by atoms with Crippen molar-refractivity contribution in [1.82, 2.24) is 5.16 Å². The largest absolute Gasteiger partial charge is 0.465 e. The molecule has 0 unspecified atom stereocenters. The Hall–Kier alpha value is -1.69. The standard InChI is InChI=1S/C12H9BrFNO3/c1-6-10(12(16)17-2)11(18-15-6)8-4-3-7(14)5-9(8)13/h3-5H,1-2H3. The van der Waals surface area contributed by atoms with Crippen LogP contribution in [0.25, 0.3) is 11.3 Å². The van der Waals surface area contributed by atoms with E-state index in [0.717, 1.165) is 0 Å². The van der Waals surface area contributed by atoms with E-state index in [1.54, 1.807) is 6.92 Å². The maximum atomic E-state index is 13.0. The third kappa shape index (κ3) is 2.15. The van der Waals surface area contributed by atoms with Gasteiger partial charge in [0.2, 0.25) is 0 Å². The molecular formula is C12H9BrFNO3. The van der Waals surface area contributed by atoms with E-state index in [-0.39, 0.29) is 17.1 Å². The number of halogens is 2. The summed E-state index contributed by atoms with van der Waals surface area (Å²) in [7, 11) is 1.28. The van der Waals surface area contributed by atoms with Crippen molar-refractivity contribution >= 4 is 21.9 Å². The number of hydrogen-bond acceptors (Lipinski definition) is 4. The zero-order chi connectivity index (χ0) is 13.3. The SMILES string of the molecule is COC(=O)c1c(C)noc1-c1ccc(F)cc1Br. The molecule has 0 N–H and O–H groups in total. The quantitative estimate of drug-likeness (QED) is 0.798. The van der Waals surface area contributed by atoms with Gasteiger partial charge >= 0.3 is 5.97 Å². The van der Waals surface area contributed by atoms with Gasteiger partial charge in [0.1, 0.15) is 11.4 Å². The van der Waals surface area contributed by atoms with Crippen LogP contribution in [-0.2, 0) is 4.74 Å². The molecule has 0 amide bonds. The van der Waals surface area contributed by atoms with Crippen molar-refractivity contribution in [3.63, 3.8) is 0 Å². The van der Waals surface area contributed by atoms with Gasteiger partial charge in [0.25, 0.3) is 0 Å². The van der Waals surface area contributed by atoms with E-state index in [2.05, 4.69) is 25.8 Å². The van der Waals surface area contributed by atoms with Crippen LogP contribution in [0.2, 0.25) is 0 Å². The third-order valence-electron chi connectivity index (χ3n) is 2.43. The van der Waals surface area contributed by atoms with Crippen LogP contribution in [0.15, 0.2) is 27.2 Å². The fourth-order valence-electron chi connectivity index (χ4n) is 1.57. The number of carbonyl (C=O) groups is 1. The number of aromatic nitrogens is 1. The average Bonchev–Trinajstić information content (AvgIpc) is 2.70. The molecular weight excluding hydrogens is 305 g/mol. The molecule has 0 radical (unpaired) electrons. The molecule has 0 bridgehead atoms. The predicted octanol–water partition coefficient (Wildman–Crippen LogP) is 3.34. The van der Waals surface area contributed by atoms with Gasteiger partial charge in [0.15, 0.2) is 5.76 Å². The molecule has 18 heavy (non-hydrogen) atoms. The molecule has 0 aliphatic rings. The van der Waals surface area contributed by atoms with E-state index in [1.165, 1.54) is 25.3 Å². The van der Waals surface area contributed by atoms with Crippen molar-refractivity contribution < 1.29 is 18.4 Å². The van der Waals surface area contributed by atoms with Crippen molar-refractivity contribution in [2.75, 3.05) is 7.11 Å². The summed E-state index contributed by atoms with van der Waals surface area (Å²) in [4.78, 5) is 11.7. The maximum Gasteiger partial charge on any atom is 0.343 e. The molecule has 0 fully saturated rings. The van der Waals surface area contributed by atoms with Crippen LogP contribution in [-0.4, -0.2) is 18.2 Å². The molecule has 1 aromatic heterocycles. The van der Waals surface area contributed by atoms with Crippen molar-refractivity contribution in [3.8, 4) is 11.3 Å². The monoisotopic (exact) mass is 313 g/mol. The van der Waals surface area contributed by atoms with E-state index in [0.29, 0.717) is 15.7 Å². The van der Waals surface area contributed by atoms with Gasteiger partial charge in [0.05, 0.1) is 12.8 Å².